The highest BCUT2D eigenvalue weighted by atomic mass is 19.1. The Balaban J connectivity index is 1.75. The van der Waals surface area contributed by atoms with Gasteiger partial charge in [0.25, 0.3) is 5.56 Å². The third kappa shape index (κ3) is 5.83. The van der Waals surface area contributed by atoms with Crippen LogP contribution in [0.25, 0.3) is 10.9 Å². The van der Waals surface area contributed by atoms with E-state index < -0.39 is 16.7 Å². The monoisotopic (exact) mass is 453 g/mol. The minimum absolute atomic E-state index is 0.0518. The van der Waals surface area contributed by atoms with Crippen molar-refractivity contribution in [1.29, 1.82) is 0 Å². The zero-order chi connectivity index (χ0) is 24.2. The number of hydrogen-bond donors (Lipinski definition) is 1. The highest BCUT2D eigenvalue weighted by molar-refractivity contribution is 5.85. The van der Waals surface area contributed by atoms with E-state index in [2.05, 4.69) is 5.32 Å². The summed E-state index contributed by atoms with van der Waals surface area (Å²) < 4.78 is 15.4. The van der Waals surface area contributed by atoms with Crippen LogP contribution in [0, 0.1) is 11.2 Å². The molecule has 3 rings (SSSR count). The van der Waals surface area contributed by atoms with E-state index in [0.717, 1.165) is 10.1 Å². The van der Waals surface area contributed by atoms with E-state index in [1.807, 2.05) is 0 Å². The van der Waals surface area contributed by atoms with Gasteiger partial charge in [0.1, 0.15) is 5.82 Å². The van der Waals surface area contributed by atoms with Crippen LogP contribution in [0.5, 0.6) is 0 Å². The number of aromatic nitrogens is 2. The van der Waals surface area contributed by atoms with E-state index in [0.29, 0.717) is 10.9 Å². The van der Waals surface area contributed by atoms with Crippen LogP contribution in [0.3, 0.4) is 0 Å². The molecule has 7 nitrogen and oxygen atoms in total. The van der Waals surface area contributed by atoms with Crippen molar-refractivity contribution < 1.29 is 14.0 Å². The van der Waals surface area contributed by atoms with Crippen LogP contribution < -0.4 is 16.6 Å². The number of para-hydroxylation sites is 1. The second kappa shape index (κ2) is 9.94. The van der Waals surface area contributed by atoms with Gasteiger partial charge < -0.3 is 5.32 Å². The molecule has 0 bridgehead atoms. The molecule has 0 saturated carbocycles. The molecule has 0 spiro atoms. The normalized spacial score (nSPS) is 11.5. The maximum atomic E-state index is 13.1. The molecule has 0 aliphatic heterocycles. The Morgan fingerprint density at radius 3 is 2.30 bits per heavy atom. The number of benzene rings is 2. The fourth-order valence-electron chi connectivity index (χ4n) is 3.39. The minimum atomic E-state index is -0.635. The van der Waals surface area contributed by atoms with Gasteiger partial charge in [-0.15, -0.1) is 0 Å². The Morgan fingerprint density at radius 2 is 1.64 bits per heavy atom. The van der Waals surface area contributed by atoms with Crippen molar-refractivity contribution in [2.45, 2.75) is 53.2 Å². The first-order valence-corrected chi connectivity index (χ1v) is 10.8. The lowest BCUT2D eigenvalue weighted by Gasteiger charge is -2.19. The second-order valence-corrected chi connectivity index (χ2v) is 9.02. The zero-order valence-corrected chi connectivity index (χ0v) is 19.1. The van der Waals surface area contributed by atoms with Gasteiger partial charge in [-0.25, -0.2) is 9.18 Å². The Labute approximate surface area is 190 Å². The minimum Gasteiger partial charge on any atom is -0.352 e. The van der Waals surface area contributed by atoms with Crippen molar-refractivity contribution >= 4 is 22.6 Å². The van der Waals surface area contributed by atoms with Crippen molar-refractivity contribution in [3.63, 3.8) is 0 Å². The average Bonchev–Trinajstić information content (AvgIpc) is 2.77. The molecule has 0 unspecified atom stereocenters. The van der Waals surface area contributed by atoms with Crippen LogP contribution in [-0.4, -0.2) is 20.8 Å². The first-order valence-electron chi connectivity index (χ1n) is 10.8. The van der Waals surface area contributed by atoms with Gasteiger partial charge in [-0.2, -0.15) is 0 Å². The first kappa shape index (κ1) is 24.1. The number of rotatable bonds is 8. The van der Waals surface area contributed by atoms with Crippen molar-refractivity contribution in [1.82, 2.24) is 14.5 Å². The molecule has 2 aromatic carbocycles. The Morgan fingerprint density at radius 1 is 0.970 bits per heavy atom. The topological polar surface area (TPSA) is 90.2 Å². The van der Waals surface area contributed by atoms with E-state index in [9.17, 15) is 23.6 Å². The third-order valence-corrected chi connectivity index (χ3v) is 5.46. The second-order valence-electron chi connectivity index (χ2n) is 9.02. The largest absolute Gasteiger partial charge is 0.352 e. The quantitative estimate of drug-likeness (QED) is 0.568. The van der Waals surface area contributed by atoms with Gasteiger partial charge in [0.2, 0.25) is 5.91 Å². The average molecular weight is 454 g/mol. The number of fused-ring (bicyclic) bond motifs is 1. The molecule has 0 saturated heterocycles. The van der Waals surface area contributed by atoms with Gasteiger partial charge in [-0.1, -0.05) is 45.0 Å². The lowest BCUT2D eigenvalue weighted by molar-refractivity contribution is -0.126. The number of carbonyl (C=O) groups excluding carboxylic acids is 2. The highest BCUT2D eigenvalue weighted by Gasteiger charge is 2.23. The van der Waals surface area contributed by atoms with Crippen LogP contribution in [0.2, 0.25) is 0 Å². The molecule has 33 heavy (non-hydrogen) atoms. The number of Topliss-reactive ketones (excluding diaryl/α,β-unsaturated/α-hetero) is 1. The summed E-state index contributed by atoms with van der Waals surface area (Å²) in [5.41, 5.74) is -0.463. The molecule has 1 aromatic heterocycles. The lowest BCUT2D eigenvalue weighted by atomic mass is 9.91. The molecular weight excluding hydrogens is 425 g/mol. The highest BCUT2D eigenvalue weighted by Crippen LogP contribution is 2.17. The van der Waals surface area contributed by atoms with E-state index in [1.165, 1.54) is 16.7 Å². The molecule has 0 atom stereocenters. The molecule has 0 aliphatic carbocycles. The van der Waals surface area contributed by atoms with Crippen LogP contribution in [-0.2, 0) is 29.2 Å². The number of nitrogens with one attached hydrogen (secondary N) is 1. The molecule has 0 aliphatic rings. The van der Waals surface area contributed by atoms with Crippen LogP contribution in [0.15, 0.2) is 58.1 Å². The van der Waals surface area contributed by atoms with Gasteiger partial charge >= 0.3 is 5.69 Å². The Bertz CT molecular complexity index is 1280. The van der Waals surface area contributed by atoms with Crippen molar-refractivity contribution in [2.75, 3.05) is 0 Å². The molecule has 174 valence electrons. The standard InChI is InChI=1S/C25H28FN3O4/c1-25(2,3)21(30)16-29-20-8-5-4-7-19(20)23(32)28(24(29)33)14-6-9-22(31)27-15-17-10-12-18(26)13-11-17/h4-5,7-8,10-13H,6,9,14-16H2,1-3H3,(H,27,31). The van der Waals surface area contributed by atoms with E-state index in [4.69, 9.17) is 0 Å². The summed E-state index contributed by atoms with van der Waals surface area (Å²) in [6.07, 6.45) is 0.386. The smallest absolute Gasteiger partial charge is 0.331 e. The summed E-state index contributed by atoms with van der Waals surface area (Å²) in [5.74, 6) is -0.711. The maximum absolute atomic E-state index is 13.1. The summed E-state index contributed by atoms with van der Waals surface area (Å²) in [5, 5.41) is 3.09. The van der Waals surface area contributed by atoms with Crippen LogP contribution in [0.4, 0.5) is 4.39 Å². The summed E-state index contributed by atoms with van der Waals surface area (Å²) >= 11 is 0. The predicted octanol–water partition coefficient (Wildman–Crippen LogP) is 3.01. The lowest BCUT2D eigenvalue weighted by Crippen LogP contribution is -2.42. The summed E-state index contributed by atoms with van der Waals surface area (Å²) in [7, 11) is 0. The molecule has 1 N–H and O–H groups in total. The molecule has 3 aromatic rings. The molecule has 1 amide bonds. The Hall–Kier alpha value is -3.55. The van der Waals surface area contributed by atoms with Gasteiger partial charge in [0.15, 0.2) is 5.78 Å². The fraction of sp³-hybridized carbons (Fsp3) is 0.360. The number of nitrogens with zero attached hydrogens (tertiary/aromatic N) is 2. The van der Waals surface area contributed by atoms with Crippen molar-refractivity contribution in [3.05, 3.63) is 80.7 Å². The number of hydrogen-bond acceptors (Lipinski definition) is 4. The van der Waals surface area contributed by atoms with E-state index in [1.54, 1.807) is 57.2 Å². The summed E-state index contributed by atoms with van der Waals surface area (Å²) in [6.45, 7) is 5.52. The number of amides is 1. The molecule has 0 radical (unpaired) electrons. The van der Waals surface area contributed by atoms with Gasteiger partial charge in [-0.05, 0) is 36.2 Å². The van der Waals surface area contributed by atoms with Gasteiger partial charge in [0.05, 0.1) is 17.4 Å². The first-order chi connectivity index (χ1) is 15.6. The predicted molar refractivity (Wildman–Crippen MR) is 124 cm³/mol. The number of ketones is 1. The molecule has 1 heterocycles. The SMILES string of the molecule is CC(C)(C)C(=O)Cn1c(=O)n(CCCC(=O)NCc2ccc(F)cc2)c(=O)c2ccccc21. The van der Waals surface area contributed by atoms with E-state index in [-0.39, 0.29) is 50.0 Å². The summed E-state index contributed by atoms with van der Waals surface area (Å²) in [4.78, 5) is 50.8. The number of halogens is 1. The summed E-state index contributed by atoms with van der Waals surface area (Å²) in [6, 6.07) is 12.5. The van der Waals surface area contributed by atoms with Gasteiger partial charge in [0, 0.05) is 24.9 Å². The number of carbonyl (C=O) groups is 2. The molecular formula is C25H28FN3O4. The van der Waals surface area contributed by atoms with Gasteiger partial charge in [-0.3, -0.25) is 23.5 Å². The fourth-order valence-corrected chi connectivity index (χ4v) is 3.39. The maximum Gasteiger partial charge on any atom is 0.331 e. The third-order valence-electron chi connectivity index (χ3n) is 5.46. The zero-order valence-electron chi connectivity index (χ0n) is 19.1. The van der Waals surface area contributed by atoms with Crippen LogP contribution in [0.1, 0.15) is 39.2 Å². The van der Waals surface area contributed by atoms with Crippen molar-refractivity contribution in [3.8, 4) is 0 Å². The van der Waals surface area contributed by atoms with Crippen LogP contribution >= 0.6 is 0 Å². The molecule has 0 fully saturated rings. The van der Waals surface area contributed by atoms with E-state index >= 15 is 0 Å². The Kier molecular flexibility index (Phi) is 7.26. The van der Waals surface area contributed by atoms with Crippen molar-refractivity contribution in [2.24, 2.45) is 5.41 Å². The molecule has 8 heteroatoms.